The Morgan fingerprint density at radius 3 is 2.03 bits per heavy atom. The molecule has 0 N–H and O–H groups in total. The second kappa shape index (κ2) is 15.2. The second-order valence-corrected chi connectivity index (χ2v) is 7.71. The van der Waals surface area contributed by atoms with Gasteiger partial charge in [0, 0.05) is 6.08 Å². The first-order valence-electron chi connectivity index (χ1n) is 11.5. The monoisotopic (exact) mass is 436 g/mol. The van der Waals surface area contributed by atoms with Crippen molar-refractivity contribution in [3.63, 3.8) is 0 Å². The average molecular weight is 437 g/mol. The zero-order valence-electron chi connectivity index (χ0n) is 19.3. The summed E-state index contributed by atoms with van der Waals surface area (Å²) in [7, 11) is 0. The predicted molar refractivity (Wildman–Crippen MR) is 129 cm³/mol. The third kappa shape index (κ3) is 9.21. The molecule has 2 aromatic rings. The van der Waals surface area contributed by atoms with Crippen LogP contribution < -0.4 is 0 Å². The van der Waals surface area contributed by atoms with Crippen LogP contribution in [0.5, 0.6) is 0 Å². The molecule has 0 spiro atoms. The van der Waals surface area contributed by atoms with E-state index in [9.17, 15) is 4.79 Å². The molecule has 0 saturated heterocycles. The quantitative estimate of drug-likeness (QED) is 0.184. The van der Waals surface area contributed by atoms with Gasteiger partial charge in [-0.2, -0.15) is 0 Å². The van der Waals surface area contributed by atoms with Crippen LogP contribution in [0.1, 0.15) is 50.7 Å². The molecule has 0 aliphatic heterocycles. The Labute approximate surface area is 192 Å². The molecule has 4 nitrogen and oxygen atoms in total. The Hall–Kier alpha value is -2.69. The van der Waals surface area contributed by atoms with Gasteiger partial charge in [-0.1, -0.05) is 99.5 Å². The minimum Gasteiger partial charge on any atom is -0.456 e. The van der Waals surface area contributed by atoms with Crippen LogP contribution in [0.4, 0.5) is 0 Å². The predicted octanol–water partition coefficient (Wildman–Crippen LogP) is 6.41. The third-order valence-electron chi connectivity index (χ3n) is 5.04. The van der Waals surface area contributed by atoms with Crippen LogP contribution in [-0.4, -0.2) is 24.3 Å². The number of allylic oxidation sites excluding steroid dienone is 1. The molecule has 0 radical (unpaired) electrons. The molecule has 0 aliphatic rings. The first-order chi connectivity index (χ1) is 15.7. The van der Waals surface area contributed by atoms with Crippen LogP contribution in [0.3, 0.4) is 0 Å². The lowest BCUT2D eigenvalue weighted by Gasteiger charge is -2.31. The first-order valence-corrected chi connectivity index (χ1v) is 11.5. The van der Waals surface area contributed by atoms with E-state index >= 15 is 0 Å². The summed E-state index contributed by atoms with van der Waals surface area (Å²) in [6.07, 6.45) is 7.10. The Morgan fingerprint density at radius 1 is 0.906 bits per heavy atom. The summed E-state index contributed by atoms with van der Waals surface area (Å²) in [6.45, 7) is 8.93. The molecule has 0 bridgehead atoms. The van der Waals surface area contributed by atoms with Crippen LogP contribution in [0, 0.1) is 0 Å². The summed E-state index contributed by atoms with van der Waals surface area (Å²) in [5.41, 5.74) is 2.11. The standard InChI is InChI=1S/C28H36O4/c1-4-7-10-20-27(29)32-26(15-5-2)28(31-22-24-18-13-9-14-19-24)25(6-3)30-21-23-16-11-8-12-17-23/h6,8-14,16-20,25-26,28H,3-5,7,15,21-22H2,1-2H3/b20-10+/t25-,26+,28+/m0/s1. The van der Waals surface area contributed by atoms with Crippen LogP contribution in [-0.2, 0) is 32.2 Å². The van der Waals surface area contributed by atoms with Gasteiger partial charge in [0.05, 0.1) is 13.2 Å². The Bertz CT molecular complexity index is 801. The molecule has 4 heteroatoms. The molecular formula is C28H36O4. The van der Waals surface area contributed by atoms with Gasteiger partial charge in [0.2, 0.25) is 0 Å². The zero-order chi connectivity index (χ0) is 23.0. The van der Waals surface area contributed by atoms with E-state index < -0.39 is 18.3 Å². The van der Waals surface area contributed by atoms with E-state index in [0.717, 1.165) is 30.4 Å². The van der Waals surface area contributed by atoms with Gasteiger partial charge in [-0.25, -0.2) is 4.79 Å². The Morgan fingerprint density at radius 2 is 1.50 bits per heavy atom. The molecule has 0 unspecified atom stereocenters. The fraction of sp³-hybridized carbons (Fsp3) is 0.393. The number of rotatable bonds is 15. The van der Waals surface area contributed by atoms with E-state index in [0.29, 0.717) is 19.6 Å². The van der Waals surface area contributed by atoms with E-state index in [1.807, 2.05) is 66.7 Å². The normalized spacial score (nSPS) is 14.1. The third-order valence-corrected chi connectivity index (χ3v) is 5.04. The van der Waals surface area contributed by atoms with Crippen molar-refractivity contribution in [3.8, 4) is 0 Å². The largest absolute Gasteiger partial charge is 0.456 e. The number of esters is 1. The molecule has 0 heterocycles. The minimum absolute atomic E-state index is 0.351. The summed E-state index contributed by atoms with van der Waals surface area (Å²) in [5, 5.41) is 0. The van der Waals surface area contributed by atoms with E-state index in [4.69, 9.17) is 14.2 Å². The molecule has 3 atom stereocenters. The van der Waals surface area contributed by atoms with E-state index in [1.165, 1.54) is 6.08 Å². The van der Waals surface area contributed by atoms with Crippen molar-refractivity contribution in [3.05, 3.63) is 96.6 Å². The smallest absolute Gasteiger partial charge is 0.330 e. The number of ether oxygens (including phenoxy) is 3. The molecule has 0 aliphatic carbocycles. The van der Waals surface area contributed by atoms with Gasteiger partial charge in [-0.15, -0.1) is 6.58 Å². The van der Waals surface area contributed by atoms with Gasteiger partial charge in [-0.3, -0.25) is 0 Å². The minimum atomic E-state index is -0.472. The molecule has 0 amide bonds. The van der Waals surface area contributed by atoms with Crippen LogP contribution in [0.25, 0.3) is 0 Å². The molecule has 32 heavy (non-hydrogen) atoms. The van der Waals surface area contributed by atoms with Crippen molar-refractivity contribution in [1.82, 2.24) is 0 Å². The van der Waals surface area contributed by atoms with Gasteiger partial charge in [-0.05, 0) is 24.0 Å². The van der Waals surface area contributed by atoms with Gasteiger partial charge in [0.15, 0.2) is 0 Å². The van der Waals surface area contributed by atoms with Crippen molar-refractivity contribution in [2.45, 2.75) is 71.1 Å². The zero-order valence-corrected chi connectivity index (χ0v) is 19.3. The Kier molecular flexibility index (Phi) is 12.1. The lowest BCUT2D eigenvalue weighted by atomic mass is 10.0. The van der Waals surface area contributed by atoms with Crippen molar-refractivity contribution >= 4 is 5.97 Å². The summed E-state index contributed by atoms with van der Waals surface area (Å²) < 4.78 is 18.3. The number of benzene rings is 2. The van der Waals surface area contributed by atoms with Crippen molar-refractivity contribution in [2.24, 2.45) is 0 Å². The fourth-order valence-electron chi connectivity index (χ4n) is 3.35. The first kappa shape index (κ1) is 25.6. The van der Waals surface area contributed by atoms with Crippen LogP contribution in [0.15, 0.2) is 85.5 Å². The highest BCUT2D eigenvalue weighted by molar-refractivity contribution is 5.82. The van der Waals surface area contributed by atoms with Crippen molar-refractivity contribution < 1.29 is 19.0 Å². The number of hydrogen-bond acceptors (Lipinski definition) is 4. The van der Waals surface area contributed by atoms with Crippen LogP contribution in [0.2, 0.25) is 0 Å². The average Bonchev–Trinajstić information content (AvgIpc) is 2.82. The molecule has 0 saturated carbocycles. The maximum Gasteiger partial charge on any atom is 0.330 e. The molecule has 172 valence electrons. The fourth-order valence-corrected chi connectivity index (χ4v) is 3.35. The molecule has 2 aromatic carbocycles. The van der Waals surface area contributed by atoms with Crippen molar-refractivity contribution in [1.29, 1.82) is 0 Å². The van der Waals surface area contributed by atoms with Gasteiger partial charge >= 0.3 is 5.97 Å². The number of carbonyl (C=O) groups is 1. The maximum atomic E-state index is 12.4. The topological polar surface area (TPSA) is 44.8 Å². The molecule has 2 rings (SSSR count). The SMILES string of the molecule is C=C[C@H](OCc1ccccc1)[C@@H](OCc1ccccc1)[C@@H](CCC)OC(=O)/C=C/CCC. The highest BCUT2D eigenvalue weighted by atomic mass is 16.6. The maximum absolute atomic E-state index is 12.4. The molecule has 0 aromatic heterocycles. The summed E-state index contributed by atoms with van der Waals surface area (Å²) >= 11 is 0. The van der Waals surface area contributed by atoms with Crippen LogP contribution >= 0.6 is 0 Å². The van der Waals surface area contributed by atoms with Gasteiger partial charge < -0.3 is 14.2 Å². The summed E-state index contributed by atoms with van der Waals surface area (Å²) in [5.74, 6) is -0.351. The number of hydrogen-bond donors (Lipinski definition) is 0. The summed E-state index contributed by atoms with van der Waals surface area (Å²) in [4.78, 5) is 12.4. The molecule has 0 fully saturated rings. The van der Waals surface area contributed by atoms with E-state index in [2.05, 4.69) is 20.4 Å². The second-order valence-electron chi connectivity index (χ2n) is 7.71. The van der Waals surface area contributed by atoms with E-state index in [-0.39, 0.29) is 5.97 Å². The lowest BCUT2D eigenvalue weighted by Crippen LogP contribution is -2.42. The highest BCUT2D eigenvalue weighted by Crippen LogP contribution is 2.21. The number of carbonyl (C=O) groups excluding carboxylic acids is 1. The number of unbranched alkanes of at least 4 members (excludes halogenated alkanes) is 1. The lowest BCUT2D eigenvalue weighted by molar-refractivity contribution is -0.164. The highest BCUT2D eigenvalue weighted by Gasteiger charge is 2.32. The van der Waals surface area contributed by atoms with Crippen molar-refractivity contribution in [2.75, 3.05) is 0 Å². The summed E-state index contributed by atoms with van der Waals surface area (Å²) in [6, 6.07) is 19.9. The van der Waals surface area contributed by atoms with E-state index in [1.54, 1.807) is 6.08 Å². The Balaban J connectivity index is 2.17. The van der Waals surface area contributed by atoms with Gasteiger partial charge in [0.1, 0.15) is 18.3 Å². The van der Waals surface area contributed by atoms with Gasteiger partial charge in [0.25, 0.3) is 0 Å². The molecular weight excluding hydrogens is 400 g/mol.